The molecule has 2 aromatic carbocycles. The van der Waals surface area contributed by atoms with Crippen LogP contribution in [-0.2, 0) is 14.2 Å². The van der Waals surface area contributed by atoms with Crippen molar-refractivity contribution in [2.24, 2.45) is 11.3 Å². The summed E-state index contributed by atoms with van der Waals surface area (Å²) in [6, 6.07) is 13.4. The summed E-state index contributed by atoms with van der Waals surface area (Å²) in [7, 11) is 3.21. The number of benzene rings is 2. The highest BCUT2D eigenvalue weighted by atomic mass is 16.7. The van der Waals surface area contributed by atoms with Gasteiger partial charge >= 0.3 is 0 Å². The van der Waals surface area contributed by atoms with Crippen LogP contribution in [0.15, 0.2) is 66.5 Å². The molecule has 0 saturated heterocycles. The van der Waals surface area contributed by atoms with E-state index in [1.807, 2.05) is 30.3 Å². The Balaban J connectivity index is 1.69. The summed E-state index contributed by atoms with van der Waals surface area (Å²) in [6.45, 7) is 3.24. The molecule has 1 N–H and O–H groups in total. The predicted octanol–water partition coefficient (Wildman–Crippen LogP) is 4.99. The maximum Gasteiger partial charge on any atom is 0.188 e. The number of aromatic hydroxyl groups is 1. The maximum absolute atomic E-state index is 9.85. The monoisotopic (exact) mass is 438 g/mol. The quantitative estimate of drug-likeness (QED) is 0.586. The lowest BCUT2D eigenvalue weighted by molar-refractivity contribution is 0.00815. The van der Waals surface area contributed by atoms with Gasteiger partial charge in [-0.15, -0.1) is 0 Å². The van der Waals surface area contributed by atoms with Crippen molar-refractivity contribution in [1.29, 1.82) is 0 Å². The summed E-state index contributed by atoms with van der Waals surface area (Å²) >= 11 is 0. The number of fused-ring (bicyclic) bond motifs is 1. The lowest BCUT2D eigenvalue weighted by Crippen LogP contribution is -2.42. The van der Waals surface area contributed by atoms with E-state index in [1.54, 1.807) is 26.4 Å². The number of rotatable bonds is 8. The smallest absolute Gasteiger partial charge is 0.188 e. The molecule has 1 unspecified atom stereocenters. The molecule has 170 valence electrons. The molecule has 0 amide bonds. The molecule has 2 aliphatic rings. The minimum absolute atomic E-state index is 0.0767. The molecule has 1 aliphatic carbocycles. The molecule has 3 atom stereocenters. The minimum atomic E-state index is -0.210. The summed E-state index contributed by atoms with van der Waals surface area (Å²) in [4.78, 5) is 0. The summed E-state index contributed by atoms with van der Waals surface area (Å²) in [6.07, 6.45) is 7.18. The highest BCUT2D eigenvalue weighted by molar-refractivity contribution is 5.50. The molecule has 4 rings (SSSR count). The van der Waals surface area contributed by atoms with Gasteiger partial charge in [0.2, 0.25) is 0 Å². The molecule has 32 heavy (non-hydrogen) atoms. The van der Waals surface area contributed by atoms with Gasteiger partial charge in [0.25, 0.3) is 0 Å². The highest BCUT2D eigenvalue weighted by Crippen LogP contribution is 2.54. The third kappa shape index (κ3) is 4.47. The Hall–Kier alpha value is -2.96. The van der Waals surface area contributed by atoms with Gasteiger partial charge in [-0.3, -0.25) is 0 Å². The summed E-state index contributed by atoms with van der Waals surface area (Å²) in [5.74, 6) is 2.92. The van der Waals surface area contributed by atoms with E-state index in [0.29, 0.717) is 12.4 Å². The van der Waals surface area contributed by atoms with Crippen molar-refractivity contribution in [3.8, 4) is 17.2 Å². The second kappa shape index (κ2) is 9.67. The van der Waals surface area contributed by atoms with E-state index in [1.165, 1.54) is 0 Å². The Labute approximate surface area is 189 Å². The molecule has 1 aliphatic heterocycles. The molecule has 0 saturated carbocycles. The zero-order valence-corrected chi connectivity index (χ0v) is 18.7. The largest absolute Gasteiger partial charge is 0.508 e. The minimum Gasteiger partial charge on any atom is -0.508 e. The normalized spacial score (nSPS) is 24.3. The number of methoxy groups -OCH3 is 2. The Morgan fingerprint density at radius 3 is 2.47 bits per heavy atom. The van der Waals surface area contributed by atoms with Gasteiger partial charge in [-0.25, -0.2) is 0 Å². The van der Waals surface area contributed by atoms with Gasteiger partial charge in [0, 0.05) is 37.2 Å². The average Bonchev–Trinajstić information content (AvgIpc) is 2.82. The van der Waals surface area contributed by atoms with Crippen LogP contribution in [0.5, 0.6) is 17.2 Å². The predicted molar refractivity (Wildman–Crippen MR) is 121 cm³/mol. The molecular formula is C26H30O6. The number of phenolic OH excluding ortho intramolecular Hbond substituents is 1. The van der Waals surface area contributed by atoms with Crippen LogP contribution in [0.2, 0.25) is 0 Å². The van der Waals surface area contributed by atoms with E-state index in [9.17, 15) is 5.11 Å². The second-order valence-corrected chi connectivity index (χ2v) is 8.43. The Kier molecular flexibility index (Phi) is 6.72. The van der Waals surface area contributed by atoms with Gasteiger partial charge < -0.3 is 28.8 Å². The van der Waals surface area contributed by atoms with Crippen molar-refractivity contribution < 1.29 is 28.8 Å². The zero-order valence-electron chi connectivity index (χ0n) is 18.7. The fourth-order valence-electron chi connectivity index (χ4n) is 4.64. The number of phenols is 1. The molecule has 0 aromatic heterocycles. The highest BCUT2D eigenvalue weighted by Gasteiger charge is 2.46. The molecule has 2 aromatic rings. The molecule has 0 fully saturated rings. The van der Waals surface area contributed by atoms with Crippen molar-refractivity contribution >= 4 is 0 Å². The van der Waals surface area contributed by atoms with Crippen LogP contribution in [0.1, 0.15) is 30.4 Å². The van der Waals surface area contributed by atoms with Crippen molar-refractivity contribution in [3.05, 3.63) is 77.6 Å². The Morgan fingerprint density at radius 2 is 1.78 bits per heavy atom. The van der Waals surface area contributed by atoms with Crippen LogP contribution >= 0.6 is 0 Å². The number of hydrogen-bond donors (Lipinski definition) is 1. The van der Waals surface area contributed by atoms with Crippen molar-refractivity contribution in [3.63, 3.8) is 0 Å². The number of hydrogen-bond acceptors (Lipinski definition) is 6. The van der Waals surface area contributed by atoms with Crippen LogP contribution in [0.4, 0.5) is 0 Å². The summed E-state index contributed by atoms with van der Waals surface area (Å²) < 4.78 is 27.5. The first kappa shape index (κ1) is 22.2. The van der Waals surface area contributed by atoms with E-state index < -0.39 is 0 Å². The lowest BCUT2D eigenvalue weighted by Gasteiger charge is -2.47. The summed E-state index contributed by atoms with van der Waals surface area (Å²) in [5, 5.41) is 9.85. The van der Waals surface area contributed by atoms with Gasteiger partial charge in [0.05, 0.1) is 6.61 Å². The van der Waals surface area contributed by atoms with E-state index in [4.69, 9.17) is 23.7 Å². The lowest BCUT2D eigenvalue weighted by atomic mass is 9.61. The Morgan fingerprint density at radius 1 is 1.03 bits per heavy atom. The first-order valence-electron chi connectivity index (χ1n) is 10.7. The van der Waals surface area contributed by atoms with E-state index in [0.717, 1.165) is 29.1 Å². The third-order valence-corrected chi connectivity index (χ3v) is 6.32. The topological polar surface area (TPSA) is 66.4 Å². The molecule has 6 heteroatoms. The van der Waals surface area contributed by atoms with Crippen molar-refractivity contribution in [1.82, 2.24) is 0 Å². The average molecular weight is 439 g/mol. The van der Waals surface area contributed by atoms with Gasteiger partial charge in [-0.05, 0) is 48.3 Å². The fraction of sp³-hybridized carbons (Fsp3) is 0.385. The van der Waals surface area contributed by atoms with Gasteiger partial charge in [-0.2, -0.15) is 0 Å². The molecule has 6 nitrogen and oxygen atoms in total. The van der Waals surface area contributed by atoms with Gasteiger partial charge in [0.1, 0.15) is 23.0 Å². The first-order chi connectivity index (χ1) is 15.5. The van der Waals surface area contributed by atoms with Crippen molar-refractivity contribution in [2.45, 2.75) is 19.3 Å². The molecule has 0 spiro atoms. The third-order valence-electron chi connectivity index (χ3n) is 6.32. The van der Waals surface area contributed by atoms with Crippen molar-refractivity contribution in [2.75, 3.05) is 34.4 Å². The zero-order chi connectivity index (χ0) is 22.6. The van der Waals surface area contributed by atoms with Crippen LogP contribution in [0.25, 0.3) is 0 Å². The Bertz CT molecular complexity index is 980. The fourth-order valence-corrected chi connectivity index (χ4v) is 4.64. The summed E-state index contributed by atoms with van der Waals surface area (Å²) in [5.41, 5.74) is 2.03. The second-order valence-electron chi connectivity index (χ2n) is 8.43. The molecule has 0 bridgehead atoms. The molecule has 1 heterocycles. The van der Waals surface area contributed by atoms with E-state index >= 15 is 0 Å². The number of allylic oxidation sites excluding steroid dienone is 3. The molecular weight excluding hydrogens is 408 g/mol. The molecule has 0 radical (unpaired) electrons. The standard InChI is InChI=1S/C26H30O6/c1-26(19-6-10-21(11-7-19)31-16-28-2)15-30-24-14-22(32-17-29-3)12-13-23(24)25(26)18-4-8-20(27)9-5-18/h4-6,8-14,19,25,27H,7,15-17H2,1-3H3/t19?,25-,26-/m1/s1. The SMILES string of the molecule is COCOC1=CCC([C@@]2(C)COc3cc(OCOC)ccc3[C@H]2c2ccc(O)cc2)C=C1. The maximum atomic E-state index is 9.85. The van der Waals surface area contributed by atoms with Gasteiger partial charge in [-0.1, -0.05) is 31.2 Å². The van der Waals surface area contributed by atoms with E-state index in [-0.39, 0.29) is 36.6 Å². The van der Waals surface area contributed by atoms with Crippen LogP contribution in [0.3, 0.4) is 0 Å². The van der Waals surface area contributed by atoms with Gasteiger partial charge in [0.15, 0.2) is 13.6 Å². The van der Waals surface area contributed by atoms with Crippen LogP contribution in [-0.4, -0.2) is 39.5 Å². The van der Waals surface area contributed by atoms with Crippen LogP contribution < -0.4 is 9.47 Å². The van der Waals surface area contributed by atoms with Crippen LogP contribution in [0, 0.1) is 11.3 Å². The number of ether oxygens (including phenoxy) is 5. The first-order valence-corrected chi connectivity index (χ1v) is 10.7. The van der Waals surface area contributed by atoms with E-state index in [2.05, 4.69) is 25.1 Å².